The van der Waals surface area contributed by atoms with Crippen LogP contribution in [0.5, 0.6) is 0 Å². The molecule has 37 heavy (non-hydrogen) atoms. The van der Waals surface area contributed by atoms with Crippen LogP contribution in [-0.4, -0.2) is 95.4 Å². The Morgan fingerprint density at radius 3 is 1.89 bits per heavy atom. The third-order valence-electron chi connectivity index (χ3n) is 5.45. The topological polar surface area (TPSA) is 164 Å². The SMILES string of the molecule is C[n+]1ccn(S(=O)(=O)N2CCS(=O)(=O)CC2)c1.O=S1(=O)CCN(S(=O)(=O)Nc2ccc(F)c(Cl)c2)CC1. The van der Waals surface area contributed by atoms with E-state index in [-0.39, 0.29) is 59.9 Å². The van der Waals surface area contributed by atoms with Crippen molar-refractivity contribution in [3.63, 3.8) is 0 Å². The summed E-state index contributed by atoms with van der Waals surface area (Å²) in [4.78, 5) is 0. The second kappa shape index (κ2) is 11.1. The van der Waals surface area contributed by atoms with Gasteiger partial charge in [-0.1, -0.05) is 11.6 Å². The van der Waals surface area contributed by atoms with E-state index in [1.165, 1.54) is 22.9 Å². The van der Waals surface area contributed by atoms with E-state index in [1.54, 1.807) is 17.8 Å². The molecular formula is C18H26ClFN5O8S4+. The third-order valence-corrected chi connectivity index (χ3v) is 12.3. The first-order valence-electron chi connectivity index (χ1n) is 10.7. The van der Waals surface area contributed by atoms with Gasteiger partial charge in [-0.05, 0) is 18.2 Å². The van der Waals surface area contributed by atoms with Gasteiger partial charge in [0.05, 0.1) is 40.8 Å². The van der Waals surface area contributed by atoms with Gasteiger partial charge in [-0.3, -0.25) is 4.72 Å². The molecule has 13 nitrogen and oxygen atoms in total. The number of sulfone groups is 2. The standard InChI is InChI=1S/C10H12ClFN2O4S2.C8H14N3O4S2/c11-9-7-8(1-2-10(9)12)13-20(17,18)14-3-5-19(15,16)6-4-14;1-9-2-3-11(8-9)17(14,15)10-4-6-16(12,13)7-5-10/h1-2,7,13H,3-6H2;2-3,8H,4-7H2,1H3/q;+1. The van der Waals surface area contributed by atoms with Gasteiger partial charge in [0.15, 0.2) is 19.7 Å². The number of benzene rings is 1. The highest BCUT2D eigenvalue weighted by Crippen LogP contribution is 2.21. The minimum absolute atomic E-state index is 0.0204. The second-order valence-corrected chi connectivity index (χ2v) is 16.8. The zero-order valence-electron chi connectivity index (χ0n) is 19.6. The molecule has 3 heterocycles. The molecule has 0 spiro atoms. The number of nitrogens with zero attached hydrogens (tertiary/aromatic N) is 4. The number of halogens is 2. The van der Waals surface area contributed by atoms with Crippen molar-refractivity contribution in [1.82, 2.24) is 12.6 Å². The van der Waals surface area contributed by atoms with Gasteiger partial charge in [0.25, 0.3) is 6.33 Å². The fourth-order valence-corrected chi connectivity index (χ4v) is 8.98. The molecule has 1 N–H and O–H groups in total. The average Bonchev–Trinajstić information content (AvgIpc) is 3.23. The van der Waals surface area contributed by atoms with E-state index in [9.17, 15) is 38.1 Å². The molecule has 0 atom stereocenters. The first kappa shape index (κ1) is 29.7. The van der Waals surface area contributed by atoms with Gasteiger partial charge in [-0.25, -0.2) is 25.8 Å². The molecule has 1 aromatic heterocycles. The molecule has 4 rings (SSSR count). The van der Waals surface area contributed by atoms with Gasteiger partial charge in [0.2, 0.25) is 0 Å². The van der Waals surface area contributed by atoms with Gasteiger partial charge in [-0.2, -0.15) is 25.4 Å². The van der Waals surface area contributed by atoms with Crippen LogP contribution in [0.2, 0.25) is 5.02 Å². The van der Waals surface area contributed by atoms with E-state index in [0.29, 0.717) is 0 Å². The van der Waals surface area contributed by atoms with Crippen molar-refractivity contribution >= 4 is 57.4 Å². The quantitative estimate of drug-likeness (QED) is 0.415. The largest absolute Gasteiger partial charge is 0.379 e. The molecule has 2 saturated heterocycles. The number of hydrogen-bond acceptors (Lipinski definition) is 8. The molecule has 1 aromatic carbocycles. The van der Waals surface area contributed by atoms with Crippen LogP contribution in [0.3, 0.4) is 0 Å². The Morgan fingerprint density at radius 1 is 0.919 bits per heavy atom. The van der Waals surface area contributed by atoms with Crippen molar-refractivity contribution in [2.45, 2.75) is 0 Å². The molecule has 2 aliphatic rings. The lowest BCUT2D eigenvalue weighted by Crippen LogP contribution is -2.45. The number of hydrogen-bond donors (Lipinski definition) is 1. The first-order chi connectivity index (χ1) is 17.0. The average molecular weight is 623 g/mol. The zero-order chi connectivity index (χ0) is 27.6. The molecule has 2 aliphatic heterocycles. The third kappa shape index (κ3) is 7.84. The summed E-state index contributed by atoms with van der Waals surface area (Å²) in [5.74, 6) is -1.30. The molecule has 208 valence electrons. The van der Waals surface area contributed by atoms with E-state index in [1.807, 2.05) is 0 Å². The van der Waals surface area contributed by atoms with Crippen molar-refractivity contribution in [3.8, 4) is 0 Å². The van der Waals surface area contributed by atoms with Crippen LogP contribution >= 0.6 is 11.6 Å². The minimum atomic E-state index is -3.88. The Morgan fingerprint density at radius 2 is 1.43 bits per heavy atom. The summed E-state index contributed by atoms with van der Waals surface area (Å²) < 4.78 is 113. The van der Waals surface area contributed by atoms with Crippen LogP contribution in [0.15, 0.2) is 36.9 Å². The highest BCUT2D eigenvalue weighted by Gasteiger charge is 2.34. The summed E-state index contributed by atoms with van der Waals surface area (Å²) in [7, 11) is -12.0. The lowest BCUT2D eigenvalue weighted by atomic mass is 10.3. The maximum absolute atomic E-state index is 13.0. The number of rotatable bonds is 5. The Balaban J connectivity index is 0.000000208. The van der Waals surface area contributed by atoms with Crippen LogP contribution in [0, 0.1) is 5.82 Å². The number of anilines is 1. The molecule has 0 bridgehead atoms. The van der Waals surface area contributed by atoms with Gasteiger partial charge in [0.1, 0.15) is 18.2 Å². The number of imidazole rings is 1. The molecule has 19 heteroatoms. The van der Waals surface area contributed by atoms with Crippen LogP contribution in [0.4, 0.5) is 10.1 Å². The van der Waals surface area contributed by atoms with Crippen molar-refractivity contribution < 1.29 is 42.6 Å². The van der Waals surface area contributed by atoms with E-state index in [4.69, 9.17) is 11.6 Å². The monoisotopic (exact) mass is 622 g/mol. The fraction of sp³-hybridized carbons (Fsp3) is 0.500. The highest BCUT2D eigenvalue weighted by atomic mass is 35.5. The second-order valence-electron chi connectivity index (χ2n) is 8.25. The Hall–Kier alpha value is -1.83. The molecule has 2 aromatic rings. The van der Waals surface area contributed by atoms with Crippen LogP contribution in [0.25, 0.3) is 0 Å². The summed E-state index contributed by atoms with van der Waals surface area (Å²) in [5, 5.41) is -0.202. The van der Waals surface area contributed by atoms with Gasteiger partial charge in [-0.15, -0.1) is 3.97 Å². The van der Waals surface area contributed by atoms with Crippen molar-refractivity contribution in [2.75, 3.05) is 53.9 Å². The summed E-state index contributed by atoms with van der Waals surface area (Å²) in [5.41, 5.74) is 0.116. The molecule has 2 fully saturated rings. The fourth-order valence-electron chi connectivity index (χ4n) is 3.33. The van der Waals surface area contributed by atoms with E-state index in [2.05, 4.69) is 4.72 Å². The van der Waals surface area contributed by atoms with Crippen molar-refractivity contribution in [3.05, 3.63) is 47.8 Å². The first-order valence-corrected chi connectivity index (χ1v) is 17.5. The summed E-state index contributed by atoms with van der Waals surface area (Å²) >= 11 is 5.56. The summed E-state index contributed by atoms with van der Waals surface area (Å²) in [6, 6.07) is 3.43. The molecule has 0 aliphatic carbocycles. The molecule has 0 amide bonds. The van der Waals surface area contributed by atoms with Gasteiger partial charge < -0.3 is 0 Å². The molecule has 0 unspecified atom stereocenters. The molecule has 0 radical (unpaired) electrons. The maximum atomic E-state index is 13.0. The molecule has 0 saturated carbocycles. The number of nitrogens with one attached hydrogen (secondary N) is 1. The predicted octanol–water partition coefficient (Wildman–Crippen LogP) is -0.998. The minimum Gasteiger partial charge on any atom is -0.271 e. The zero-order valence-corrected chi connectivity index (χ0v) is 23.6. The smallest absolute Gasteiger partial charge is 0.271 e. The number of aromatic nitrogens is 2. The van der Waals surface area contributed by atoms with E-state index >= 15 is 0 Å². The van der Waals surface area contributed by atoms with Crippen LogP contribution in [0.1, 0.15) is 0 Å². The summed E-state index contributed by atoms with van der Waals surface area (Å²) in [6.07, 6.45) is 4.47. The van der Waals surface area contributed by atoms with Crippen LogP contribution in [-0.2, 0) is 47.1 Å². The van der Waals surface area contributed by atoms with Crippen molar-refractivity contribution in [2.24, 2.45) is 7.05 Å². The lowest BCUT2D eigenvalue weighted by Gasteiger charge is -2.26. The summed E-state index contributed by atoms with van der Waals surface area (Å²) in [6.45, 7) is -0.168. The highest BCUT2D eigenvalue weighted by molar-refractivity contribution is 7.92. The van der Waals surface area contributed by atoms with E-state index < -0.39 is 45.9 Å². The normalized spacial score (nSPS) is 20.5. The van der Waals surface area contributed by atoms with Gasteiger partial charge in [0, 0.05) is 26.2 Å². The maximum Gasteiger partial charge on any atom is 0.379 e. The Labute approximate surface area is 220 Å². The Kier molecular flexibility index (Phi) is 8.93. The Bertz CT molecular complexity index is 1550. The lowest BCUT2D eigenvalue weighted by molar-refractivity contribution is -0.670. The van der Waals surface area contributed by atoms with Gasteiger partial charge >= 0.3 is 20.4 Å². The number of aryl methyl sites for hydroxylation is 1. The van der Waals surface area contributed by atoms with E-state index in [0.717, 1.165) is 20.4 Å². The predicted molar refractivity (Wildman–Crippen MR) is 134 cm³/mol. The van der Waals surface area contributed by atoms with Crippen LogP contribution < -0.4 is 9.29 Å². The molecular weight excluding hydrogens is 597 g/mol. The van der Waals surface area contributed by atoms with Crippen molar-refractivity contribution in [1.29, 1.82) is 0 Å².